The highest BCUT2D eigenvalue weighted by molar-refractivity contribution is 9.10. The molecule has 142 valence electrons. The van der Waals surface area contributed by atoms with Gasteiger partial charge >= 0.3 is 0 Å². The Bertz CT molecular complexity index is 823. The van der Waals surface area contributed by atoms with Gasteiger partial charge in [0.2, 0.25) is 0 Å². The fourth-order valence-electron chi connectivity index (χ4n) is 3.72. The van der Waals surface area contributed by atoms with E-state index >= 15 is 0 Å². The summed E-state index contributed by atoms with van der Waals surface area (Å²) in [6.07, 6.45) is 1.49. The highest BCUT2D eigenvalue weighted by Crippen LogP contribution is 2.26. The zero-order valence-electron chi connectivity index (χ0n) is 15.4. The molecule has 2 atom stereocenters. The summed E-state index contributed by atoms with van der Waals surface area (Å²) in [4.78, 5) is 20.2. The predicted octanol–water partition coefficient (Wildman–Crippen LogP) is 2.29. The molecule has 0 radical (unpaired) electrons. The lowest BCUT2D eigenvalue weighted by Crippen LogP contribution is -2.39. The van der Waals surface area contributed by atoms with Crippen LogP contribution >= 0.6 is 15.9 Å². The zero-order valence-corrected chi connectivity index (χ0v) is 17.0. The molecule has 0 spiro atoms. The van der Waals surface area contributed by atoms with Gasteiger partial charge in [0.05, 0.1) is 23.0 Å². The van der Waals surface area contributed by atoms with Gasteiger partial charge in [0.15, 0.2) is 0 Å². The van der Waals surface area contributed by atoms with Crippen molar-refractivity contribution in [2.75, 3.05) is 26.2 Å². The maximum absolute atomic E-state index is 13.1. The lowest BCUT2D eigenvalue weighted by Gasteiger charge is -2.32. The van der Waals surface area contributed by atoms with Crippen LogP contribution in [-0.2, 0) is 6.54 Å². The molecular weight excluding hydrogens is 396 g/mol. The maximum atomic E-state index is 13.1. The molecule has 6 nitrogen and oxygen atoms in total. The Balaban J connectivity index is 2.12. The molecule has 3 rings (SSSR count). The summed E-state index contributed by atoms with van der Waals surface area (Å²) >= 11 is 3.44. The van der Waals surface area contributed by atoms with Crippen LogP contribution in [0, 0.1) is 0 Å². The Morgan fingerprint density at radius 2 is 2.23 bits per heavy atom. The summed E-state index contributed by atoms with van der Waals surface area (Å²) in [6.45, 7) is 7.57. The Morgan fingerprint density at radius 3 is 2.96 bits per heavy atom. The number of rotatable bonds is 5. The molecule has 7 heteroatoms. The van der Waals surface area contributed by atoms with E-state index in [1.165, 1.54) is 0 Å². The van der Waals surface area contributed by atoms with Crippen molar-refractivity contribution in [3.8, 4) is 0 Å². The van der Waals surface area contributed by atoms with Gasteiger partial charge in [0, 0.05) is 37.2 Å². The highest BCUT2D eigenvalue weighted by atomic mass is 79.9. The van der Waals surface area contributed by atoms with E-state index in [2.05, 4.69) is 33.1 Å². The first kappa shape index (κ1) is 19.5. The third-order valence-corrected chi connectivity index (χ3v) is 5.46. The quantitative estimate of drug-likeness (QED) is 0.773. The van der Waals surface area contributed by atoms with Gasteiger partial charge in [-0.3, -0.25) is 14.3 Å². The van der Waals surface area contributed by atoms with Gasteiger partial charge in [0.1, 0.15) is 5.82 Å². The molecule has 1 aromatic heterocycles. The fraction of sp³-hybridized carbons (Fsp3) is 0.579. The number of halogens is 1. The Kier molecular flexibility index (Phi) is 6.45. The molecule has 1 saturated heterocycles. The fourth-order valence-corrected chi connectivity index (χ4v) is 4.08. The molecule has 0 aliphatic carbocycles. The second-order valence-corrected chi connectivity index (χ2v) is 7.75. The van der Waals surface area contributed by atoms with E-state index in [9.17, 15) is 9.90 Å². The summed E-state index contributed by atoms with van der Waals surface area (Å²) in [5.74, 6) is 0.809. The van der Waals surface area contributed by atoms with Crippen molar-refractivity contribution in [3.63, 3.8) is 0 Å². The average Bonchev–Trinajstić information content (AvgIpc) is 2.84. The van der Waals surface area contributed by atoms with E-state index in [1.54, 1.807) is 4.57 Å². The van der Waals surface area contributed by atoms with Crippen LogP contribution in [0.25, 0.3) is 10.9 Å². The number of nitrogens with zero attached hydrogens (tertiary/aromatic N) is 3. The Labute approximate surface area is 162 Å². The van der Waals surface area contributed by atoms with Crippen molar-refractivity contribution in [2.24, 2.45) is 0 Å². The van der Waals surface area contributed by atoms with Crippen LogP contribution in [0.1, 0.15) is 38.6 Å². The number of benzene rings is 1. The van der Waals surface area contributed by atoms with Crippen LogP contribution in [0.5, 0.6) is 0 Å². The number of aromatic nitrogens is 2. The molecule has 2 N–H and O–H groups in total. The Hall–Kier alpha value is -1.28. The van der Waals surface area contributed by atoms with E-state index in [4.69, 9.17) is 4.98 Å². The number of fused-ring (bicyclic) bond motifs is 1. The molecular formula is C19H27BrN4O2. The van der Waals surface area contributed by atoms with Crippen molar-refractivity contribution in [2.45, 2.75) is 45.4 Å². The third-order valence-electron chi connectivity index (χ3n) is 4.96. The number of aliphatic hydroxyl groups excluding tert-OH is 1. The second-order valence-electron chi connectivity index (χ2n) is 6.84. The number of β-amino-alcohol motifs (C(OH)–C–C–N with tert-alkyl or cyclic N) is 1. The summed E-state index contributed by atoms with van der Waals surface area (Å²) in [5.41, 5.74) is 0.732. The summed E-state index contributed by atoms with van der Waals surface area (Å²) in [7, 11) is 0. The van der Waals surface area contributed by atoms with Gasteiger partial charge in [0.25, 0.3) is 5.56 Å². The van der Waals surface area contributed by atoms with Crippen LogP contribution in [0.2, 0.25) is 0 Å². The van der Waals surface area contributed by atoms with Crippen molar-refractivity contribution in [1.29, 1.82) is 0 Å². The van der Waals surface area contributed by atoms with E-state index in [1.807, 2.05) is 25.1 Å². The smallest absolute Gasteiger partial charge is 0.261 e. The van der Waals surface area contributed by atoms with E-state index in [-0.39, 0.29) is 11.6 Å². The molecule has 1 fully saturated rings. The molecule has 26 heavy (non-hydrogen) atoms. The average molecular weight is 423 g/mol. The van der Waals surface area contributed by atoms with Gasteiger partial charge in [-0.15, -0.1) is 0 Å². The van der Waals surface area contributed by atoms with Crippen LogP contribution in [0.15, 0.2) is 27.5 Å². The van der Waals surface area contributed by atoms with Gasteiger partial charge in [-0.2, -0.15) is 0 Å². The monoisotopic (exact) mass is 422 g/mol. The van der Waals surface area contributed by atoms with Crippen LogP contribution in [0.3, 0.4) is 0 Å². The summed E-state index contributed by atoms with van der Waals surface area (Å²) in [6, 6.07) is 5.68. The first-order valence-electron chi connectivity index (χ1n) is 9.38. The molecule has 2 aromatic rings. The third kappa shape index (κ3) is 4.01. The number of hydrogen-bond acceptors (Lipinski definition) is 5. The van der Waals surface area contributed by atoms with Gasteiger partial charge in [-0.25, -0.2) is 4.98 Å². The Morgan fingerprint density at radius 1 is 1.42 bits per heavy atom. The van der Waals surface area contributed by atoms with Gasteiger partial charge in [-0.05, 0) is 31.5 Å². The van der Waals surface area contributed by atoms with Gasteiger partial charge < -0.3 is 10.4 Å². The van der Waals surface area contributed by atoms with Crippen molar-refractivity contribution < 1.29 is 5.11 Å². The lowest BCUT2D eigenvalue weighted by molar-refractivity contribution is 0.0971. The second kappa shape index (κ2) is 8.61. The first-order valence-corrected chi connectivity index (χ1v) is 10.2. The highest BCUT2D eigenvalue weighted by Gasteiger charge is 2.28. The number of hydrogen-bond donors (Lipinski definition) is 2. The molecule has 1 aliphatic rings. The minimum Gasteiger partial charge on any atom is -0.390 e. The lowest BCUT2D eigenvalue weighted by atomic mass is 10.1. The first-order chi connectivity index (χ1) is 12.5. The maximum Gasteiger partial charge on any atom is 0.261 e. The van der Waals surface area contributed by atoms with Gasteiger partial charge in [-0.1, -0.05) is 29.3 Å². The molecule has 1 aromatic carbocycles. The largest absolute Gasteiger partial charge is 0.390 e. The van der Waals surface area contributed by atoms with E-state index in [0.717, 1.165) is 41.7 Å². The molecule has 1 unspecified atom stereocenters. The summed E-state index contributed by atoms with van der Waals surface area (Å²) < 4.78 is 2.67. The van der Waals surface area contributed by atoms with Crippen LogP contribution in [-0.4, -0.2) is 51.8 Å². The van der Waals surface area contributed by atoms with Crippen molar-refractivity contribution >= 4 is 26.8 Å². The SMILES string of the molecule is CCCC(c1nc2ccc(Br)cc2c(=O)n1CC)N1CCNC[C@@H](O)C1. The minimum atomic E-state index is -0.407. The number of nitrogens with one attached hydrogen (secondary N) is 1. The van der Waals surface area contributed by atoms with E-state index < -0.39 is 6.10 Å². The zero-order chi connectivity index (χ0) is 18.7. The van der Waals surface area contributed by atoms with E-state index in [0.29, 0.717) is 25.0 Å². The molecule has 0 saturated carbocycles. The van der Waals surface area contributed by atoms with Crippen LogP contribution in [0.4, 0.5) is 0 Å². The van der Waals surface area contributed by atoms with Crippen molar-refractivity contribution in [1.82, 2.24) is 19.8 Å². The topological polar surface area (TPSA) is 70.4 Å². The molecule has 0 amide bonds. The van der Waals surface area contributed by atoms with Crippen molar-refractivity contribution in [3.05, 3.63) is 38.9 Å². The summed E-state index contributed by atoms with van der Waals surface area (Å²) in [5, 5.41) is 14.1. The number of aliphatic hydroxyl groups is 1. The molecule has 2 heterocycles. The predicted molar refractivity (Wildman–Crippen MR) is 107 cm³/mol. The minimum absolute atomic E-state index is 0.00315. The normalized spacial score (nSPS) is 20.2. The van der Waals surface area contributed by atoms with Crippen LogP contribution < -0.4 is 10.9 Å². The standard InChI is InChI=1S/C19H27BrN4O2/c1-3-5-17(23-9-8-21-11-14(25)12-23)18-22-16-7-6-13(20)10-15(16)19(26)24(18)4-2/h6-7,10,14,17,21,25H,3-5,8-9,11-12H2,1-2H3/t14-,17?/m1/s1. The molecule has 1 aliphatic heterocycles. The molecule has 0 bridgehead atoms.